The van der Waals surface area contributed by atoms with Gasteiger partial charge >= 0.3 is 16.1 Å². The summed E-state index contributed by atoms with van der Waals surface area (Å²) in [5.41, 5.74) is 1.42. The molecule has 0 fully saturated rings. The number of esters is 1. The molecule has 0 aliphatic rings. The van der Waals surface area contributed by atoms with Crippen LogP contribution in [0.15, 0.2) is 42.5 Å². The summed E-state index contributed by atoms with van der Waals surface area (Å²) in [7, 11) is -2.60. The van der Waals surface area contributed by atoms with Gasteiger partial charge in [-0.3, -0.25) is 0 Å². The van der Waals surface area contributed by atoms with E-state index in [4.69, 9.17) is 15.8 Å². The molecule has 2 aromatic rings. The van der Waals surface area contributed by atoms with Gasteiger partial charge in [0, 0.05) is 5.02 Å². The first-order chi connectivity index (χ1) is 10.8. The summed E-state index contributed by atoms with van der Waals surface area (Å²) < 4.78 is 34.0. The van der Waals surface area contributed by atoms with Crippen LogP contribution in [0.1, 0.15) is 21.5 Å². The molecule has 7 heteroatoms. The summed E-state index contributed by atoms with van der Waals surface area (Å²) in [6.45, 7) is 1.75. The molecule has 0 saturated carbocycles. The monoisotopic (exact) mass is 354 g/mol. The minimum atomic E-state index is -3.86. The third-order valence-electron chi connectivity index (χ3n) is 3.04. The molecule has 0 atom stereocenters. The number of rotatable bonds is 5. The number of aryl methyl sites for hydroxylation is 1. The van der Waals surface area contributed by atoms with Crippen LogP contribution in [0.25, 0.3) is 0 Å². The maximum Gasteiger partial charge on any atom is 0.337 e. The summed E-state index contributed by atoms with van der Waals surface area (Å²) in [5, 5.41) is 0.528. The summed E-state index contributed by atoms with van der Waals surface area (Å²) >= 11 is 5.89. The molecule has 0 aliphatic carbocycles. The molecule has 0 N–H and O–H groups in total. The van der Waals surface area contributed by atoms with Crippen LogP contribution in [0.5, 0.6) is 5.75 Å². The molecule has 2 rings (SSSR count). The predicted octanol–water partition coefficient (Wildman–Crippen LogP) is 3.34. The van der Waals surface area contributed by atoms with Crippen LogP contribution in [-0.4, -0.2) is 21.5 Å². The van der Waals surface area contributed by atoms with Gasteiger partial charge in [0.15, 0.2) is 0 Å². The Bertz CT molecular complexity index is 830. The number of benzene rings is 2. The fraction of sp³-hybridized carbons (Fsp3) is 0.188. The van der Waals surface area contributed by atoms with E-state index in [1.54, 1.807) is 37.3 Å². The lowest BCUT2D eigenvalue weighted by Gasteiger charge is -2.09. The number of carbonyl (C=O) groups is 1. The predicted molar refractivity (Wildman–Crippen MR) is 87.2 cm³/mol. The van der Waals surface area contributed by atoms with E-state index in [2.05, 4.69) is 4.74 Å². The van der Waals surface area contributed by atoms with Gasteiger partial charge < -0.3 is 8.92 Å². The number of carbonyl (C=O) groups excluding carboxylic acids is 1. The fourth-order valence-corrected chi connectivity index (χ4v) is 3.12. The van der Waals surface area contributed by atoms with Crippen molar-refractivity contribution in [1.29, 1.82) is 0 Å². The lowest BCUT2D eigenvalue weighted by molar-refractivity contribution is 0.0600. The molecular formula is C16H15ClO5S. The SMILES string of the molecule is COC(=O)c1cccc(CS(=O)(=O)Oc2ccc(Cl)c(C)c2)c1. The maximum atomic E-state index is 12.1. The number of methoxy groups -OCH3 is 1. The van der Waals surface area contributed by atoms with E-state index in [0.29, 0.717) is 16.1 Å². The molecule has 0 bridgehead atoms. The molecule has 2 aromatic carbocycles. The van der Waals surface area contributed by atoms with Crippen LogP contribution >= 0.6 is 11.6 Å². The van der Waals surface area contributed by atoms with Crippen LogP contribution in [0, 0.1) is 6.92 Å². The summed E-state index contributed by atoms with van der Waals surface area (Å²) in [6, 6.07) is 10.8. The second-order valence-electron chi connectivity index (χ2n) is 4.89. The third-order valence-corrected chi connectivity index (χ3v) is 4.60. The second-order valence-corrected chi connectivity index (χ2v) is 6.87. The highest BCUT2D eigenvalue weighted by atomic mass is 35.5. The zero-order chi connectivity index (χ0) is 17.0. The first-order valence-electron chi connectivity index (χ1n) is 6.66. The molecule has 0 radical (unpaired) electrons. The molecule has 0 spiro atoms. The van der Waals surface area contributed by atoms with Gasteiger partial charge in [0.25, 0.3) is 0 Å². The van der Waals surface area contributed by atoms with Gasteiger partial charge in [-0.15, -0.1) is 0 Å². The van der Waals surface area contributed by atoms with E-state index in [0.717, 1.165) is 0 Å². The average molecular weight is 355 g/mol. The van der Waals surface area contributed by atoms with Crippen LogP contribution in [0.2, 0.25) is 5.02 Å². The van der Waals surface area contributed by atoms with Gasteiger partial charge in [-0.1, -0.05) is 23.7 Å². The van der Waals surface area contributed by atoms with Crippen LogP contribution in [-0.2, 0) is 20.6 Å². The first kappa shape index (κ1) is 17.3. The maximum absolute atomic E-state index is 12.1. The number of hydrogen-bond acceptors (Lipinski definition) is 5. The van der Waals surface area contributed by atoms with E-state index in [1.807, 2.05) is 0 Å². The van der Waals surface area contributed by atoms with Gasteiger partial charge in [0.05, 0.1) is 12.7 Å². The van der Waals surface area contributed by atoms with Crippen molar-refractivity contribution in [2.24, 2.45) is 0 Å². The summed E-state index contributed by atoms with van der Waals surface area (Å²) in [4.78, 5) is 11.5. The number of halogens is 1. The third kappa shape index (κ3) is 4.71. The van der Waals surface area contributed by atoms with Gasteiger partial charge in [0.1, 0.15) is 11.5 Å². The number of ether oxygens (including phenoxy) is 1. The quantitative estimate of drug-likeness (QED) is 0.608. The van der Waals surface area contributed by atoms with Crippen molar-refractivity contribution in [3.8, 4) is 5.75 Å². The Labute approximate surface area is 139 Å². The van der Waals surface area contributed by atoms with E-state index < -0.39 is 16.1 Å². The van der Waals surface area contributed by atoms with Gasteiger partial charge in [-0.25, -0.2) is 4.79 Å². The van der Waals surface area contributed by atoms with Crippen molar-refractivity contribution in [2.75, 3.05) is 7.11 Å². The average Bonchev–Trinajstić information content (AvgIpc) is 2.49. The highest BCUT2D eigenvalue weighted by Gasteiger charge is 2.16. The van der Waals surface area contributed by atoms with Crippen molar-refractivity contribution in [1.82, 2.24) is 0 Å². The number of hydrogen-bond donors (Lipinski definition) is 0. The van der Waals surface area contributed by atoms with Crippen molar-refractivity contribution < 1.29 is 22.1 Å². The summed E-state index contributed by atoms with van der Waals surface area (Å²) in [5.74, 6) is -0.700. The molecule has 0 amide bonds. The second kappa shape index (κ2) is 7.02. The highest BCUT2D eigenvalue weighted by Crippen LogP contribution is 2.23. The van der Waals surface area contributed by atoms with Crippen LogP contribution < -0.4 is 4.18 Å². The Kier molecular flexibility index (Phi) is 5.28. The molecule has 5 nitrogen and oxygen atoms in total. The Balaban J connectivity index is 2.18. The molecule has 0 unspecified atom stereocenters. The first-order valence-corrected chi connectivity index (χ1v) is 8.62. The smallest absolute Gasteiger partial charge is 0.337 e. The minimum Gasteiger partial charge on any atom is -0.465 e. The van der Waals surface area contributed by atoms with E-state index in [-0.39, 0.29) is 17.1 Å². The molecule has 0 aromatic heterocycles. The molecular weight excluding hydrogens is 340 g/mol. The van der Waals surface area contributed by atoms with E-state index in [9.17, 15) is 13.2 Å². The van der Waals surface area contributed by atoms with Crippen molar-refractivity contribution in [3.63, 3.8) is 0 Å². The molecule has 122 valence electrons. The Morgan fingerprint density at radius 2 is 1.91 bits per heavy atom. The molecule has 0 heterocycles. The normalized spacial score (nSPS) is 11.1. The standard InChI is InChI=1S/C16H15ClO5S/c1-11-8-14(6-7-15(11)17)22-23(19,20)10-12-4-3-5-13(9-12)16(18)21-2/h3-9H,10H2,1-2H3. The zero-order valence-corrected chi connectivity index (χ0v) is 14.1. The Hall–Kier alpha value is -2.05. The van der Waals surface area contributed by atoms with Crippen LogP contribution in [0.4, 0.5) is 0 Å². The lowest BCUT2D eigenvalue weighted by atomic mass is 10.1. The van der Waals surface area contributed by atoms with Crippen LogP contribution in [0.3, 0.4) is 0 Å². The fourth-order valence-electron chi connectivity index (χ4n) is 1.96. The molecule has 23 heavy (non-hydrogen) atoms. The van der Waals surface area contributed by atoms with Crippen molar-refractivity contribution >= 4 is 27.7 Å². The molecule has 0 saturated heterocycles. The van der Waals surface area contributed by atoms with Gasteiger partial charge in [0.2, 0.25) is 0 Å². The molecule has 0 aliphatic heterocycles. The highest BCUT2D eigenvalue weighted by molar-refractivity contribution is 7.86. The van der Waals surface area contributed by atoms with Gasteiger partial charge in [-0.05, 0) is 48.4 Å². The van der Waals surface area contributed by atoms with Crippen molar-refractivity contribution in [2.45, 2.75) is 12.7 Å². The van der Waals surface area contributed by atoms with E-state index >= 15 is 0 Å². The van der Waals surface area contributed by atoms with Gasteiger partial charge in [-0.2, -0.15) is 8.42 Å². The summed E-state index contributed by atoms with van der Waals surface area (Å²) in [6.07, 6.45) is 0. The Morgan fingerprint density at radius 1 is 1.17 bits per heavy atom. The van der Waals surface area contributed by atoms with E-state index in [1.165, 1.54) is 19.2 Å². The zero-order valence-electron chi connectivity index (χ0n) is 12.6. The lowest BCUT2D eigenvalue weighted by Crippen LogP contribution is -2.13. The largest absolute Gasteiger partial charge is 0.465 e. The van der Waals surface area contributed by atoms with Crippen molar-refractivity contribution in [3.05, 3.63) is 64.2 Å². The minimum absolute atomic E-state index is 0.191. The Morgan fingerprint density at radius 3 is 2.57 bits per heavy atom. The topological polar surface area (TPSA) is 69.7 Å².